The fourth-order valence-electron chi connectivity index (χ4n) is 1.58. The predicted octanol–water partition coefficient (Wildman–Crippen LogP) is 2.03. The van der Waals surface area contributed by atoms with Crippen LogP contribution in [0.3, 0.4) is 0 Å². The number of thiocarbonyl (C=S) groups is 1. The van der Waals surface area contributed by atoms with E-state index in [-0.39, 0.29) is 16.5 Å². The highest BCUT2D eigenvalue weighted by molar-refractivity contribution is 7.80. The van der Waals surface area contributed by atoms with Crippen LogP contribution in [0.25, 0.3) is 0 Å². The van der Waals surface area contributed by atoms with Crippen LogP contribution in [0.5, 0.6) is 0 Å². The topological polar surface area (TPSA) is 67.2 Å². The van der Waals surface area contributed by atoms with E-state index >= 15 is 0 Å². The Hall–Kier alpha value is -1.69. The van der Waals surface area contributed by atoms with Gasteiger partial charge in [0.25, 0.3) is 0 Å². The summed E-state index contributed by atoms with van der Waals surface area (Å²) in [5.41, 5.74) is 6.09. The molecule has 0 fully saturated rings. The van der Waals surface area contributed by atoms with Crippen LogP contribution in [0.2, 0.25) is 0 Å². The van der Waals surface area contributed by atoms with E-state index in [1.165, 1.54) is 12.1 Å². The summed E-state index contributed by atoms with van der Waals surface area (Å²) in [6, 6.07) is 3.97. The molecule has 20 heavy (non-hydrogen) atoms. The van der Waals surface area contributed by atoms with Crippen molar-refractivity contribution >= 4 is 28.8 Å². The lowest BCUT2D eigenvalue weighted by atomic mass is 10.1. The molecule has 0 saturated carbocycles. The maximum Gasteiger partial charge on any atom is 0.242 e. The van der Waals surface area contributed by atoms with Gasteiger partial charge in [-0.2, -0.15) is 0 Å². The zero-order valence-corrected chi connectivity index (χ0v) is 12.7. The van der Waals surface area contributed by atoms with E-state index in [1.54, 1.807) is 13.0 Å². The molecule has 1 amide bonds. The summed E-state index contributed by atoms with van der Waals surface area (Å²) in [4.78, 5) is 11.8. The minimum Gasteiger partial charge on any atom is -0.389 e. The van der Waals surface area contributed by atoms with Crippen LogP contribution in [-0.2, 0) is 4.79 Å². The van der Waals surface area contributed by atoms with Crippen molar-refractivity contribution < 1.29 is 9.18 Å². The number of carbonyl (C=O) groups excluding carboxylic acids is 1. The van der Waals surface area contributed by atoms with Gasteiger partial charge in [0.2, 0.25) is 5.91 Å². The number of benzene rings is 1. The van der Waals surface area contributed by atoms with E-state index in [4.69, 9.17) is 18.0 Å². The molecule has 0 aliphatic rings. The lowest BCUT2D eigenvalue weighted by Gasteiger charge is -2.16. The molecule has 0 heterocycles. The van der Waals surface area contributed by atoms with Crippen LogP contribution in [0.4, 0.5) is 10.1 Å². The molecule has 0 bridgehead atoms. The SMILES string of the molecule is CC(C)CNC(=O)C(C)Nc1ccc(C(N)=S)c(F)c1. The molecule has 0 aromatic heterocycles. The Balaban J connectivity index is 2.66. The number of hydrogen-bond acceptors (Lipinski definition) is 3. The lowest BCUT2D eigenvalue weighted by molar-refractivity contribution is -0.121. The first-order valence-corrected chi connectivity index (χ1v) is 6.85. The van der Waals surface area contributed by atoms with E-state index in [1.807, 2.05) is 13.8 Å². The smallest absolute Gasteiger partial charge is 0.242 e. The highest BCUT2D eigenvalue weighted by atomic mass is 32.1. The van der Waals surface area contributed by atoms with Gasteiger partial charge in [-0.25, -0.2) is 4.39 Å². The van der Waals surface area contributed by atoms with Crippen LogP contribution in [0.15, 0.2) is 18.2 Å². The molecule has 110 valence electrons. The molecule has 1 atom stereocenters. The molecule has 6 heteroatoms. The summed E-state index contributed by atoms with van der Waals surface area (Å²) < 4.78 is 13.7. The largest absolute Gasteiger partial charge is 0.389 e. The Bertz CT molecular complexity index is 505. The van der Waals surface area contributed by atoms with Gasteiger partial charge in [0.15, 0.2) is 0 Å². The van der Waals surface area contributed by atoms with Gasteiger partial charge in [0.1, 0.15) is 16.8 Å². The number of anilines is 1. The monoisotopic (exact) mass is 297 g/mol. The molecular weight excluding hydrogens is 277 g/mol. The summed E-state index contributed by atoms with van der Waals surface area (Å²) in [6.07, 6.45) is 0. The number of hydrogen-bond donors (Lipinski definition) is 3. The third-order valence-corrected chi connectivity index (χ3v) is 2.92. The third-order valence-electron chi connectivity index (χ3n) is 2.70. The maximum absolute atomic E-state index is 13.7. The second kappa shape index (κ2) is 7.19. The van der Waals surface area contributed by atoms with Crippen LogP contribution in [0, 0.1) is 11.7 Å². The number of carbonyl (C=O) groups is 1. The molecule has 0 aliphatic heterocycles. The van der Waals surface area contributed by atoms with Crippen molar-refractivity contribution in [3.05, 3.63) is 29.6 Å². The Morgan fingerprint density at radius 1 is 1.40 bits per heavy atom. The molecule has 1 unspecified atom stereocenters. The zero-order chi connectivity index (χ0) is 15.3. The summed E-state index contributed by atoms with van der Waals surface area (Å²) in [5, 5.41) is 5.75. The van der Waals surface area contributed by atoms with Gasteiger partial charge in [-0.05, 0) is 31.0 Å². The molecule has 1 aromatic carbocycles. The number of amides is 1. The Labute approximate surface area is 123 Å². The van der Waals surface area contributed by atoms with Gasteiger partial charge >= 0.3 is 0 Å². The first-order valence-electron chi connectivity index (χ1n) is 6.45. The summed E-state index contributed by atoms with van der Waals surface area (Å²) >= 11 is 4.73. The molecule has 1 aromatic rings. The van der Waals surface area contributed by atoms with Gasteiger partial charge in [-0.1, -0.05) is 26.1 Å². The molecule has 0 spiro atoms. The second-order valence-corrected chi connectivity index (χ2v) is 5.50. The number of halogens is 1. The van der Waals surface area contributed by atoms with Gasteiger partial charge < -0.3 is 16.4 Å². The number of nitrogens with one attached hydrogen (secondary N) is 2. The molecule has 4 N–H and O–H groups in total. The van der Waals surface area contributed by atoms with E-state index in [2.05, 4.69) is 10.6 Å². The van der Waals surface area contributed by atoms with Crippen LogP contribution in [0.1, 0.15) is 26.3 Å². The lowest BCUT2D eigenvalue weighted by Crippen LogP contribution is -2.39. The summed E-state index contributed by atoms with van der Waals surface area (Å²) in [6.45, 7) is 6.36. The van der Waals surface area contributed by atoms with Crippen molar-refractivity contribution in [3.8, 4) is 0 Å². The van der Waals surface area contributed by atoms with E-state index in [0.29, 0.717) is 18.2 Å². The van der Waals surface area contributed by atoms with Gasteiger partial charge in [0.05, 0.1) is 0 Å². The molecule has 0 radical (unpaired) electrons. The molecule has 0 aliphatic carbocycles. The van der Waals surface area contributed by atoms with Crippen LogP contribution in [-0.4, -0.2) is 23.5 Å². The third kappa shape index (κ3) is 4.77. The maximum atomic E-state index is 13.7. The normalized spacial score (nSPS) is 12.1. The predicted molar refractivity (Wildman–Crippen MR) is 83.2 cm³/mol. The van der Waals surface area contributed by atoms with E-state index in [0.717, 1.165) is 0 Å². The molecule has 0 saturated heterocycles. The quantitative estimate of drug-likeness (QED) is 0.703. The van der Waals surface area contributed by atoms with Gasteiger partial charge in [-0.15, -0.1) is 0 Å². The number of nitrogens with two attached hydrogens (primary N) is 1. The fraction of sp³-hybridized carbons (Fsp3) is 0.429. The Morgan fingerprint density at radius 2 is 2.05 bits per heavy atom. The minimum atomic E-state index is -0.503. The van der Waals surface area contributed by atoms with Crippen molar-refractivity contribution in [2.75, 3.05) is 11.9 Å². The molecular formula is C14H20FN3OS. The van der Waals surface area contributed by atoms with Crippen molar-refractivity contribution in [2.45, 2.75) is 26.8 Å². The molecule has 1 rings (SSSR count). The zero-order valence-electron chi connectivity index (χ0n) is 11.9. The van der Waals surface area contributed by atoms with Gasteiger partial charge in [-0.3, -0.25) is 4.79 Å². The highest BCUT2D eigenvalue weighted by Gasteiger charge is 2.13. The second-order valence-electron chi connectivity index (χ2n) is 5.06. The van der Waals surface area contributed by atoms with Crippen molar-refractivity contribution in [3.63, 3.8) is 0 Å². The van der Waals surface area contributed by atoms with Crippen LogP contribution >= 0.6 is 12.2 Å². The number of rotatable bonds is 6. The van der Waals surface area contributed by atoms with Gasteiger partial charge in [0, 0.05) is 17.8 Å². The van der Waals surface area contributed by atoms with E-state index < -0.39 is 11.9 Å². The standard InChI is InChI=1S/C14H20FN3OS/c1-8(2)7-17-14(19)9(3)18-10-4-5-11(13(16)20)12(15)6-10/h4-6,8-9,18H,7H2,1-3H3,(H2,16,20)(H,17,19). The van der Waals surface area contributed by atoms with Crippen molar-refractivity contribution in [2.24, 2.45) is 11.7 Å². The minimum absolute atomic E-state index is 0.0109. The summed E-state index contributed by atoms with van der Waals surface area (Å²) in [7, 11) is 0. The fourth-order valence-corrected chi connectivity index (χ4v) is 1.74. The first kappa shape index (κ1) is 16.4. The van der Waals surface area contributed by atoms with Crippen molar-refractivity contribution in [1.82, 2.24) is 5.32 Å². The highest BCUT2D eigenvalue weighted by Crippen LogP contribution is 2.15. The van der Waals surface area contributed by atoms with Crippen LogP contribution < -0.4 is 16.4 Å². The Kier molecular flexibility index (Phi) is 5.88. The Morgan fingerprint density at radius 3 is 2.55 bits per heavy atom. The first-order chi connectivity index (χ1) is 9.31. The average molecular weight is 297 g/mol. The molecule has 4 nitrogen and oxygen atoms in total. The van der Waals surface area contributed by atoms with E-state index in [9.17, 15) is 9.18 Å². The average Bonchev–Trinajstić information content (AvgIpc) is 2.35. The van der Waals surface area contributed by atoms with Crippen molar-refractivity contribution in [1.29, 1.82) is 0 Å². The summed E-state index contributed by atoms with van der Waals surface area (Å²) in [5.74, 6) is -0.247.